The van der Waals surface area contributed by atoms with Gasteiger partial charge in [0.05, 0.1) is 29.5 Å². The van der Waals surface area contributed by atoms with Crippen LogP contribution in [0.1, 0.15) is 38.6 Å². The molecule has 4 aliphatic rings. The van der Waals surface area contributed by atoms with Gasteiger partial charge in [-0.05, 0) is 49.1 Å². The van der Waals surface area contributed by atoms with Crippen LogP contribution in [-0.2, 0) is 4.79 Å². The highest BCUT2D eigenvalue weighted by Gasteiger charge is 2.61. The molecule has 0 bridgehead atoms. The fourth-order valence-corrected chi connectivity index (χ4v) is 6.47. The number of nitrogens with zero attached hydrogens (tertiary/aromatic N) is 6. The predicted molar refractivity (Wildman–Crippen MR) is 122 cm³/mol. The number of nitrogens with one attached hydrogen (secondary N) is 1. The number of anilines is 1. The van der Waals surface area contributed by atoms with Crippen molar-refractivity contribution in [3.8, 4) is 17.2 Å². The molecular formula is C25H27N7O. The molecule has 2 saturated heterocycles. The number of fused-ring (bicyclic) bond motifs is 1. The summed E-state index contributed by atoms with van der Waals surface area (Å²) in [6.07, 6.45) is 12.1. The van der Waals surface area contributed by atoms with Gasteiger partial charge in [0, 0.05) is 55.3 Å². The second kappa shape index (κ2) is 6.45. The van der Waals surface area contributed by atoms with Crippen LogP contribution in [0.4, 0.5) is 5.69 Å². The molecule has 5 heterocycles. The van der Waals surface area contributed by atoms with Gasteiger partial charge in [-0.3, -0.25) is 9.48 Å². The lowest BCUT2D eigenvalue weighted by molar-refractivity contribution is -0.124. The molecule has 168 valence electrons. The predicted octanol–water partition coefficient (Wildman–Crippen LogP) is 3.02. The van der Waals surface area contributed by atoms with Gasteiger partial charge in [-0.1, -0.05) is 6.92 Å². The average molecular weight is 442 g/mol. The highest BCUT2D eigenvalue weighted by molar-refractivity contribution is 6.05. The summed E-state index contributed by atoms with van der Waals surface area (Å²) in [6.45, 7) is 4.89. The van der Waals surface area contributed by atoms with Crippen LogP contribution in [-0.4, -0.2) is 44.9 Å². The molecule has 2 aliphatic carbocycles. The minimum atomic E-state index is -0.882. The van der Waals surface area contributed by atoms with E-state index in [0.29, 0.717) is 18.0 Å². The SMILES string of the molecule is C[C@@H]1CN(c2ccnn3cc(-c4cnn(C5CC6(CNC6)C5)c4)cc23)C(=O)[C@]1(C#N)C1CC1. The third kappa shape index (κ3) is 2.57. The molecule has 8 heteroatoms. The zero-order chi connectivity index (χ0) is 22.4. The van der Waals surface area contributed by atoms with Crippen molar-refractivity contribution < 1.29 is 4.79 Å². The topological polar surface area (TPSA) is 91.2 Å². The van der Waals surface area contributed by atoms with Crippen molar-refractivity contribution in [3.63, 3.8) is 0 Å². The summed E-state index contributed by atoms with van der Waals surface area (Å²) < 4.78 is 3.94. The van der Waals surface area contributed by atoms with Crippen molar-refractivity contribution in [2.24, 2.45) is 22.7 Å². The molecule has 0 radical (unpaired) electrons. The zero-order valence-corrected chi connectivity index (χ0v) is 18.7. The van der Waals surface area contributed by atoms with Gasteiger partial charge in [0.2, 0.25) is 5.91 Å². The molecule has 1 amide bonds. The van der Waals surface area contributed by atoms with Gasteiger partial charge in [0.1, 0.15) is 5.41 Å². The Morgan fingerprint density at radius 1 is 1.18 bits per heavy atom. The van der Waals surface area contributed by atoms with Gasteiger partial charge in [0.25, 0.3) is 0 Å². The molecular weight excluding hydrogens is 414 g/mol. The van der Waals surface area contributed by atoms with Crippen molar-refractivity contribution in [2.45, 2.75) is 38.6 Å². The minimum absolute atomic E-state index is 0.0139. The standard InChI is InChI=1S/C25H27N7O/c1-16-10-30(23(33)25(16,13-26)19-2-3-19)21-4-5-28-32-11-17(6-22(21)32)18-9-29-31(12-18)20-7-24(8-20)14-27-15-24/h4-6,9,11-12,16,19-20,27H,2-3,7-8,10,14-15H2,1H3/t16-,25+/m1/s1. The Morgan fingerprint density at radius 3 is 2.70 bits per heavy atom. The monoisotopic (exact) mass is 441 g/mol. The third-order valence-electron chi connectivity index (χ3n) is 8.66. The number of nitriles is 1. The summed E-state index contributed by atoms with van der Waals surface area (Å²) in [4.78, 5) is 15.3. The lowest BCUT2D eigenvalue weighted by Crippen LogP contribution is -2.60. The fourth-order valence-electron chi connectivity index (χ4n) is 6.47. The van der Waals surface area contributed by atoms with Crippen LogP contribution in [0.15, 0.2) is 36.9 Å². The summed E-state index contributed by atoms with van der Waals surface area (Å²) in [5.41, 5.74) is 3.44. The Balaban J connectivity index is 1.21. The van der Waals surface area contributed by atoms with E-state index in [0.717, 1.165) is 48.3 Å². The van der Waals surface area contributed by atoms with Gasteiger partial charge in [-0.15, -0.1) is 0 Å². The van der Waals surface area contributed by atoms with E-state index in [1.54, 1.807) is 6.20 Å². The van der Waals surface area contributed by atoms with Crippen molar-refractivity contribution >= 4 is 17.1 Å². The molecule has 2 aliphatic heterocycles. The molecule has 2 atom stereocenters. The van der Waals surface area contributed by atoms with Crippen molar-refractivity contribution in [2.75, 3.05) is 24.5 Å². The maximum absolute atomic E-state index is 13.5. The molecule has 3 aromatic rings. The van der Waals surface area contributed by atoms with Crippen molar-refractivity contribution in [1.82, 2.24) is 24.7 Å². The zero-order valence-electron chi connectivity index (χ0n) is 18.7. The second-order valence-electron chi connectivity index (χ2n) is 10.7. The van der Waals surface area contributed by atoms with Crippen LogP contribution in [0.5, 0.6) is 0 Å². The number of aromatic nitrogens is 4. The molecule has 0 unspecified atom stereocenters. The van der Waals surface area contributed by atoms with Crippen LogP contribution in [0.3, 0.4) is 0 Å². The lowest BCUT2D eigenvalue weighted by atomic mass is 9.62. The highest BCUT2D eigenvalue weighted by Crippen LogP contribution is 2.55. The molecule has 7 rings (SSSR count). The Morgan fingerprint density at radius 2 is 2.00 bits per heavy atom. The first-order valence-electron chi connectivity index (χ1n) is 12.0. The molecule has 0 aromatic carbocycles. The number of carbonyl (C=O) groups is 1. The first-order valence-corrected chi connectivity index (χ1v) is 12.0. The number of amides is 1. The molecule has 8 nitrogen and oxygen atoms in total. The average Bonchev–Trinajstić information content (AvgIpc) is 3.22. The van der Waals surface area contributed by atoms with E-state index < -0.39 is 5.41 Å². The summed E-state index contributed by atoms with van der Waals surface area (Å²) in [6, 6.07) is 6.89. The van der Waals surface area contributed by atoms with Crippen molar-refractivity contribution in [3.05, 3.63) is 36.9 Å². The fraction of sp³-hybridized carbons (Fsp3) is 0.520. The summed E-state index contributed by atoms with van der Waals surface area (Å²) >= 11 is 0. The number of hydrogen-bond donors (Lipinski definition) is 1. The molecule has 33 heavy (non-hydrogen) atoms. The maximum atomic E-state index is 13.5. The number of rotatable bonds is 4. The first-order chi connectivity index (χ1) is 16.0. The summed E-state index contributed by atoms with van der Waals surface area (Å²) in [7, 11) is 0. The molecule has 3 aromatic heterocycles. The molecule has 4 fully saturated rings. The Labute approximate surface area is 192 Å². The lowest BCUT2D eigenvalue weighted by Gasteiger charge is -2.54. The first kappa shape index (κ1) is 19.3. The van der Waals surface area contributed by atoms with Gasteiger partial charge >= 0.3 is 0 Å². The largest absolute Gasteiger partial charge is 0.316 e. The van der Waals surface area contributed by atoms with E-state index >= 15 is 0 Å². The van der Waals surface area contributed by atoms with Crippen LogP contribution in [0.25, 0.3) is 16.6 Å². The molecule has 1 N–H and O–H groups in total. The summed E-state index contributed by atoms with van der Waals surface area (Å²) in [5, 5.41) is 22.5. The smallest absolute Gasteiger partial charge is 0.248 e. The molecule has 2 saturated carbocycles. The normalized spacial score (nSPS) is 28.8. The van der Waals surface area contributed by atoms with Crippen LogP contribution in [0.2, 0.25) is 0 Å². The maximum Gasteiger partial charge on any atom is 0.248 e. The van der Waals surface area contributed by atoms with E-state index in [2.05, 4.69) is 38.5 Å². The Hall–Kier alpha value is -3.18. The third-order valence-corrected chi connectivity index (χ3v) is 8.66. The van der Waals surface area contributed by atoms with Gasteiger partial charge in [0.15, 0.2) is 0 Å². The Bertz CT molecular complexity index is 1320. The van der Waals surface area contributed by atoms with E-state index in [9.17, 15) is 10.1 Å². The van der Waals surface area contributed by atoms with E-state index in [-0.39, 0.29) is 17.7 Å². The second-order valence-corrected chi connectivity index (χ2v) is 10.7. The van der Waals surface area contributed by atoms with Gasteiger partial charge < -0.3 is 10.2 Å². The number of hydrogen-bond acceptors (Lipinski definition) is 5. The highest BCUT2D eigenvalue weighted by atomic mass is 16.2. The van der Waals surface area contributed by atoms with Crippen molar-refractivity contribution in [1.29, 1.82) is 5.26 Å². The van der Waals surface area contributed by atoms with Crippen LogP contribution in [0, 0.1) is 34.0 Å². The summed E-state index contributed by atoms with van der Waals surface area (Å²) in [5.74, 6) is 0.162. The van der Waals surface area contributed by atoms with Crippen LogP contribution < -0.4 is 10.2 Å². The van der Waals surface area contributed by atoms with Crippen LogP contribution >= 0.6 is 0 Å². The van der Waals surface area contributed by atoms with E-state index in [4.69, 9.17) is 0 Å². The number of carbonyl (C=O) groups excluding carboxylic acids is 1. The van der Waals surface area contributed by atoms with E-state index in [1.807, 2.05) is 34.8 Å². The molecule has 1 spiro atoms. The van der Waals surface area contributed by atoms with Gasteiger partial charge in [-0.25, -0.2) is 4.52 Å². The van der Waals surface area contributed by atoms with Gasteiger partial charge in [-0.2, -0.15) is 15.5 Å². The van der Waals surface area contributed by atoms with E-state index in [1.165, 1.54) is 12.8 Å². The minimum Gasteiger partial charge on any atom is -0.316 e. The quantitative estimate of drug-likeness (QED) is 0.672. The Kier molecular flexibility index (Phi) is 3.77.